The van der Waals surface area contributed by atoms with Crippen LogP contribution in [0.5, 0.6) is 0 Å². The van der Waals surface area contributed by atoms with Crippen LogP contribution < -0.4 is 0 Å². The molecule has 2 heterocycles. The van der Waals surface area contributed by atoms with Crippen molar-refractivity contribution in [1.82, 2.24) is 15.2 Å². The Hall–Kier alpha value is -1.66. The summed E-state index contributed by atoms with van der Waals surface area (Å²) >= 11 is 3.28. The lowest BCUT2D eigenvalue weighted by Crippen LogP contribution is -1.88. The number of nitrogens with zero attached hydrogens (tertiary/aromatic N) is 3. The molecule has 4 nitrogen and oxygen atoms in total. The number of aryl methyl sites for hydroxylation is 2. The van der Waals surface area contributed by atoms with E-state index in [1.54, 1.807) is 23.1 Å². The van der Waals surface area contributed by atoms with Gasteiger partial charge in [-0.05, 0) is 32.9 Å². The molecule has 0 saturated heterocycles. The monoisotopic (exact) mass is 317 g/mol. The molecule has 3 aromatic rings. The minimum absolute atomic E-state index is 0.0854. The third-order valence-electron chi connectivity index (χ3n) is 2.96. The standard InChI is InChI=1S/C15H15N3OS2/c1-9-4-6-12(7-5-9)14-18-17-13(19-14)11(3)21-15-16-10(2)8-20-15/h4-8,11H,1-3H3. The quantitative estimate of drug-likeness (QED) is 0.655. The molecule has 1 aromatic carbocycles. The fourth-order valence-electron chi connectivity index (χ4n) is 1.80. The second kappa shape index (κ2) is 5.99. The van der Waals surface area contributed by atoms with Crippen molar-refractivity contribution in [1.29, 1.82) is 0 Å². The van der Waals surface area contributed by atoms with Crippen molar-refractivity contribution in [3.05, 3.63) is 46.8 Å². The Balaban J connectivity index is 1.76. The Morgan fingerprint density at radius 2 is 1.90 bits per heavy atom. The average Bonchev–Trinajstić information content (AvgIpc) is 3.09. The molecule has 3 rings (SSSR count). The van der Waals surface area contributed by atoms with Gasteiger partial charge in [0.15, 0.2) is 4.34 Å². The molecule has 0 fully saturated rings. The Bertz CT molecular complexity index is 733. The van der Waals surface area contributed by atoms with E-state index in [9.17, 15) is 0 Å². The first-order valence-corrected chi connectivity index (χ1v) is 8.37. The van der Waals surface area contributed by atoms with Crippen molar-refractivity contribution < 1.29 is 4.42 Å². The van der Waals surface area contributed by atoms with Gasteiger partial charge < -0.3 is 4.42 Å². The molecule has 2 aromatic heterocycles. The van der Waals surface area contributed by atoms with E-state index in [0.29, 0.717) is 11.8 Å². The molecule has 108 valence electrons. The molecule has 0 amide bonds. The van der Waals surface area contributed by atoms with Crippen LogP contribution in [0.1, 0.15) is 29.3 Å². The summed E-state index contributed by atoms with van der Waals surface area (Å²) in [6, 6.07) is 8.06. The summed E-state index contributed by atoms with van der Waals surface area (Å²) in [6.07, 6.45) is 0. The minimum atomic E-state index is 0.0854. The first-order valence-electron chi connectivity index (χ1n) is 6.61. The Morgan fingerprint density at radius 1 is 1.14 bits per heavy atom. The van der Waals surface area contributed by atoms with Crippen molar-refractivity contribution >= 4 is 23.1 Å². The second-order valence-corrected chi connectivity index (χ2v) is 7.27. The van der Waals surface area contributed by atoms with Crippen LogP contribution in [0.15, 0.2) is 38.4 Å². The Kier molecular flexibility index (Phi) is 4.07. The summed E-state index contributed by atoms with van der Waals surface area (Å²) in [5.74, 6) is 1.19. The van der Waals surface area contributed by atoms with Crippen molar-refractivity contribution in [2.45, 2.75) is 30.4 Å². The van der Waals surface area contributed by atoms with Crippen LogP contribution in [0, 0.1) is 13.8 Å². The maximum Gasteiger partial charge on any atom is 0.247 e. The average molecular weight is 317 g/mol. The van der Waals surface area contributed by atoms with Gasteiger partial charge in [0.25, 0.3) is 0 Å². The lowest BCUT2D eigenvalue weighted by molar-refractivity contribution is 0.509. The van der Waals surface area contributed by atoms with Gasteiger partial charge in [-0.3, -0.25) is 0 Å². The molecule has 0 spiro atoms. The number of hydrogen-bond donors (Lipinski definition) is 0. The number of thiazole rings is 1. The number of benzene rings is 1. The highest BCUT2D eigenvalue weighted by molar-refractivity contribution is 8.01. The highest BCUT2D eigenvalue weighted by Crippen LogP contribution is 2.36. The SMILES string of the molecule is Cc1ccc(-c2nnc(C(C)Sc3nc(C)cs3)o2)cc1. The molecule has 0 saturated carbocycles. The van der Waals surface area contributed by atoms with E-state index in [1.165, 1.54) is 5.56 Å². The van der Waals surface area contributed by atoms with Crippen LogP contribution in [0.25, 0.3) is 11.5 Å². The lowest BCUT2D eigenvalue weighted by atomic mass is 10.1. The summed E-state index contributed by atoms with van der Waals surface area (Å²) in [5, 5.41) is 10.4. The molecule has 6 heteroatoms. The topological polar surface area (TPSA) is 51.8 Å². The predicted octanol–water partition coefficient (Wildman–Crippen LogP) is 4.66. The summed E-state index contributed by atoms with van der Waals surface area (Å²) in [5.41, 5.74) is 3.20. The van der Waals surface area contributed by atoms with Gasteiger partial charge in [0.1, 0.15) is 0 Å². The van der Waals surface area contributed by atoms with Crippen LogP contribution in [-0.4, -0.2) is 15.2 Å². The van der Waals surface area contributed by atoms with Crippen LogP contribution in [0.2, 0.25) is 0 Å². The van der Waals surface area contributed by atoms with E-state index in [0.717, 1.165) is 15.6 Å². The number of hydrogen-bond acceptors (Lipinski definition) is 6. The molecule has 0 radical (unpaired) electrons. The molecular weight excluding hydrogens is 302 g/mol. The van der Waals surface area contributed by atoms with E-state index >= 15 is 0 Å². The molecule has 0 aliphatic heterocycles. The Morgan fingerprint density at radius 3 is 2.57 bits per heavy atom. The predicted molar refractivity (Wildman–Crippen MR) is 85.6 cm³/mol. The van der Waals surface area contributed by atoms with Crippen LogP contribution in [0.4, 0.5) is 0 Å². The lowest BCUT2D eigenvalue weighted by Gasteiger charge is -2.02. The number of rotatable bonds is 4. The fourth-order valence-corrected chi connectivity index (χ4v) is 3.82. The zero-order valence-corrected chi connectivity index (χ0v) is 13.7. The maximum atomic E-state index is 5.78. The largest absolute Gasteiger partial charge is 0.419 e. The zero-order valence-electron chi connectivity index (χ0n) is 12.0. The highest BCUT2D eigenvalue weighted by atomic mass is 32.2. The summed E-state index contributed by atoms with van der Waals surface area (Å²) in [6.45, 7) is 6.10. The smallest absolute Gasteiger partial charge is 0.247 e. The normalized spacial score (nSPS) is 12.5. The van der Waals surface area contributed by atoms with Gasteiger partial charge in [0.2, 0.25) is 11.8 Å². The van der Waals surface area contributed by atoms with Crippen molar-refractivity contribution in [2.24, 2.45) is 0 Å². The van der Waals surface area contributed by atoms with Gasteiger partial charge in [-0.2, -0.15) is 0 Å². The van der Waals surface area contributed by atoms with Crippen molar-refractivity contribution in [3.63, 3.8) is 0 Å². The molecule has 21 heavy (non-hydrogen) atoms. The summed E-state index contributed by atoms with van der Waals surface area (Å²) in [4.78, 5) is 4.44. The minimum Gasteiger partial charge on any atom is -0.419 e. The van der Waals surface area contributed by atoms with E-state index < -0.39 is 0 Å². The fraction of sp³-hybridized carbons (Fsp3) is 0.267. The molecule has 1 atom stereocenters. The second-order valence-electron chi connectivity index (χ2n) is 4.83. The van der Waals surface area contributed by atoms with Gasteiger partial charge >= 0.3 is 0 Å². The first-order chi connectivity index (χ1) is 10.1. The van der Waals surface area contributed by atoms with Gasteiger partial charge in [0, 0.05) is 16.6 Å². The van der Waals surface area contributed by atoms with Crippen LogP contribution in [0.3, 0.4) is 0 Å². The summed E-state index contributed by atoms with van der Waals surface area (Å²) in [7, 11) is 0. The number of thioether (sulfide) groups is 1. The first kappa shape index (κ1) is 14.3. The van der Waals surface area contributed by atoms with Gasteiger partial charge in [-0.1, -0.05) is 29.5 Å². The molecule has 0 N–H and O–H groups in total. The Labute approximate surface area is 131 Å². The van der Waals surface area contributed by atoms with Gasteiger partial charge in [-0.15, -0.1) is 21.5 Å². The van der Waals surface area contributed by atoms with E-state index in [4.69, 9.17) is 4.42 Å². The molecule has 0 aliphatic carbocycles. The third kappa shape index (κ3) is 3.33. The zero-order chi connectivity index (χ0) is 14.8. The van der Waals surface area contributed by atoms with Crippen molar-refractivity contribution in [2.75, 3.05) is 0 Å². The molecular formula is C15H15N3OS2. The van der Waals surface area contributed by atoms with Gasteiger partial charge in [0.05, 0.1) is 5.25 Å². The number of aromatic nitrogens is 3. The summed E-state index contributed by atoms with van der Waals surface area (Å²) < 4.78 is 6.81. The molecule has 0 aliphatic rings. The molecule has 1 unspecified atom stereocenters. The van der Waals surface area contributed by atoms with E-state index in [-0.39, 0.29) is 5.25 Å². The highest BCUT2D eigenvalue weighted by Gasteiger charge is 2.17. The van der Waals surface area contributed by atoms with Gasteiger partial charge in [-0.25, -0.2) is 4.98 Å². The van der Waals surface area contributed by atoms with E-state index in [1.807, 2.05) is 43.5 Å². The van der Waals surface area contributed by atoms with Crippen molar-refractivity contribution in [3.8, 4) is 11.5 Å². The van der Waals surface area contributed by atoms with Crippen LogP contribution in [-0.2, 0) is 0 Å². The van der Waals surface area contributed by atoms with Crippen LogP contribution >= 0.6 is 23.1 Å². The van der Waals surface area contributed by atoms with E-state index in [2.05, 4.69) is 22.1 Å². The molecule has 0 bridgehead atoms. The maximum absolute atomic E-state index is 5.78. The third-order valence-corrected chi connectivity index (χ3v) is 5.14.